The summed E-state index contributed by atoms with van der Waals surface area (Å²) in [5.74, 6) is 0.0244. The average molecular weight is 235 g/mol. The van der Waals surface area contributed by atoms with Crippen LogP contribution in [0.3, 0.4) is 0 Å². The molecule has 1 rings (SSSR count). The molecule has 4 nitrogen and oxygen atoms in total. The van der Waals surface area contributed by atoms with Crippen LogP contribution in [-0.4, -0.2) is 35.4 Å². The zero-order valence-corrected chi connectivity index (χ0v) is 10.6. The molecule has 0 saturated carbocycles. The van der Waals surface area contributed by atoms with Crippen LogP contribution in [0.15, 0.2) is 18.3 Å². The van der Waals surface area contributed by atoms with Crippen LogP contribution in [0.2, 0.25) is 0 Å². The monoisotopic (exact) mass is 235 g/mol. The van der Waals surface area contributed by atoms with Gasteiger partial charge in [0.15, 0.2) is 0 Å². The van der Waals surface area contributed by atoms with E-state index in [4.69, 9.17) is 5.73 Å². The Balaban J connectivity index is 2.72. The highest BCUT2D eigenvalue weighted by molar-refractivity contribution is 5.93. The lowest BCUT2D eigenvalue weighted by Crippen LogP contribution is -2.36. The van der Waals surface area contributed by atoms with Crippen molar-refractivity contribution in [3.63, 3.8) is 0 Å². The van der Waals surface area contributed by atoms with E-state index in [0.717, 1.165) is 25.1 Å². The summed E-state index contributed by atoms with van der Waals surface area (Å²) in [5.41, 5.74) is 7.09. The summed E-state index contributed by atoms with van der Waals surface area (Å²) in [6, 6.07) is 3.67. The number of aromatic nitrogens is 1. The molecule has 4 heteroatoms. The van der Waals surface area contributed by atoms with Crippen LogP contribution in [0.5, 0.6) is 0 Å². The van der Waals surface area contributed by atoms with E-state index in [1.54, 1.807) is 11.1 Å². The van der Waals surface area contributed by atoms with E-state index in [1.165, 1.54) is 0 Å². The van der Waals surface area contributed by atoms with Gasteiger partial charge in [-0.3, -0.25) is 9.78 Å². The molecule has 1 heterocycles. The summed E-state index contributed by atoms with van der Waals surface area (Å²) in [5, 5.41) is 0. The highest BCUT2D eigenvalue weighted by Gasteiger charge is 2.14. The standard InChI is InChI=1S/C13H21N3O/c1-3-4-8-16(9-7-14)13(17)12-6-5-11(2)15-10-12/h5-6,10H,3-4,7-9,14H2,1-2H3. The van der Waals surface area contributed by atoms with E-state index in [-0.39, 0.29) is 5.91 Å². The van der Waals surface area contributed by atoms with E-state index in [2.05, 4.69) is 11.9 Å². The predicted molar refractivity (Wildman–Crippen MR) is 68.8 cm³/mol. The molecule has 1 amide bonds. The van der Waals surface area contributed by atoms with Crippen LogP contribution in [0.4, 0.5) is 0 Å². The molecule has 0 unspecified atom stereocenters. The summed E-state index contributed by atoms with van der Waals surface area (Å²) in [6.45, 7) is 5.88. The van der Waals surface area contributed by atoms with Gasteiger partial charge in [-0.2, -0.15) is 0 Å². The SMILES string of the molecule is CCCCN(CCN)C(=O)c1ccc(C)nc1. The number of rotatable bonds is 6. The molecule has 94 valence electrons. The van der Waals surface area contributed by atoms with Crippen molar-refractivity contribution in [2.75, 3.05) is 19.6 Å². The number of nitrogens with zero attached hydrogens (tertiary/aromatic N) is 2. The van der Waals surface area contributed by atoms with Crippen LogP contribution < -0.4 is 5.73 Å². The largest absolute Gasteiger partial charge is 0.337 e. The number of hydrogen-bond donors (Lipinski definition) is 1. The summed E-state index contributed by atoms with van der Waals surface area (Å²) < 4.78 is 0. The molecule has 0 aliphatic rings. The Morgan fingerprint density at radius 2 is 2.18 bits per heavy atom. The van der Waals surface area contributed by atoms with Crippen LogP contribution in [0.25, 0.3) is 0 Å². The first-order chi connectivity index (χ1) is 8.19. The van der Waals surface area contributed by atoms with Crippen LogP contribution in [0.1, 0.15) is 35.8 Å². The third kappa shape index (κ3) is 4.15. The Bertz CT molecular complexity index is 348. The molecule has 0 saturated heterocycles. The van der Waals surface area contributed by atoms with Crippen molar-refractivity contribution >= 4 is 5.91 Å². The van der Waals surface area contributed by atoms with Gasteiger partial charge in [-0.25, -0.2) is 0 Å². The van der Waals surface area contributed by atoms with Gasteiger partial charge in [0.2, 0.25) is 0 Å². The average Bonchev–Trinajstić information content (AvgIpc) is 2.34. The van der Waals surface area contributed by atoms with E-state index in [0.29, 0.717) is 18.7 Å². The minimum Gasteiger partial charge on any atom is -0.337 e. The van der Waals surface area contributed by atoms with Gasteiger partial charge in [0.25, 0.3) is 5.91 Å². The van der Waals surface area contributed by atoms with Crippen LogP contribution >= 0.6 is 0 Å². The van der Waals surface area contributed by atoms with Crippen molar-refractivity contribution in [1.29, 1.82) is 0 Å². The Morgan fingerprint density at radius 1 is 1.41 bits per heavy atom. The number of aryl methyl sites for hydroxylation is 1. The lowest BCUT2D eigenvalue weighted by atomic mass is 10.2. The van der Waals surface area contributed by atoms with Crippen molar-refractivity contribution in [1.82, 2.24) is 9.88 Å². The Kier molecular flexibility index (Phi) is 5.63. The molecule has 0 spiro atoms. The fourth-order valence-corrected chi connectivity index (χ4v) is 1.60. The highest BCUT2D eigenvalue weighted by atomic mass is 16.2. The molecular formula is C13H21N3O. The van der Waals surface area contributed by atoms with Crippen molar-refractivity contribution in [2.45, 2.75) is 26.7 Å². The van der Waals surface area contributed by atoms with Crippen molar-refractivity contribution < 1.29 is 4.79 Å². The second kappa shape index (κ2) is 7.01. The quantitative estimate of drug-likeness (QED) is 0.814. The molecule has 1 aromatic rings. The van der Waals surface area contributed by atoms with Crippen LogP contribution in [0, 0.1) is 6.92 Å². The van der Waals surface area contributed by atoms with Crippen LogP contribution in [-0.2, 0) is 0 Å². The van der Waals surface area contributed by atoms with Gasteiger partial charge >= 0.3 is 0 Å². The third-order valence-corrected chi connectivity index (χ3v) is 2.63. The van der Waals surface area contributed by atoms with E-state index in [9.17, 15) is 4.79 Å². The number of unbranched alkanes of at least 4 members (excludes halogenated alkanes) is 1. The third-order valence-electron chi connectivity index (χ3n) is 2.63. The molecule has 1 aromatic heterocycles. The maximum atomic E-state index is 12.2. The maximum Gasteiger partial charge on any atom is 0.255 e. The lowest BCUT2D eigenvalue weighted by Gasteiger charge is -2.21. The molecule has 0 atom stereocenters. The maximum absolute atomic E-state index is 12.2. The lowest BCUT2D eigenvalue weighted by molar-refractivity contribution is 0.0757. The topological polar surface area (TPSA) is 59.2 Å². The second-order valence-corrected chi connectivity index (χ2v) is 4.12. The Morgan fingerprint density at radius 3 is 2.71 bits per heavy atom. The summed E-state index contributed by atoms with van der Waals surface area (Å²) in [4.78, 5) is 18.1. The minimum absolute atomic E-state index is 0.0244. The van der Waals surface area contributed by atoms with Crippen molar-refractivity contribution in [3.05, 3.63) is 29.6 Å². The normalized spacial score (nSPS) is 10.3. The smallest absolute Gasteiger partial charge is 0.255 e. The number of carbonyl (C=O) groups excluding carboxylic acids is 1. The predicted octanol–water partition coefficient (Wildman–Crippen LogP) is 1.59. The van der Waals surface area contributed by atoms with E-state index < -0.39 is 0 Å². The van der Waals surface area contributed by atoms with Gasteiger partial charge < -0.3 is 10.6 Å². The second-order valence-electron chi connectivity index (χ2n) is 4.12. The number of amides is 1. The minimum atomic E-state index is 0.0244. The number of pyridine rings is 1. The molecule has 0 bridgehead atoms. The van der Waals surface area contributed by atoms with E-state index in [1.807, 2.05) is 19.1 Å². The first-order valence-electron chi connectivity index (χ1n) is 6.11. The molecule has 0 aliphatic heterocycles. The van der Waals surface area contributed by atoms with Gasteiger partial charge in [-0.1, -0.05) is 13.3 Å². The molecule has 2 N–H and O–H groups in total. The van der Waals surface area contributed by atoms with Gasteiger partial charge in [-0.15, -0.1) is 0 Å². The van der Waals surface area contributed by atoms with Gasteiger partial charge in [0.05, 0.1) is 5.56 Å². The molecule has 0 aliphatic carbocycles. The number of hydrogen-bond acceptors (Lipinski definition) is 3. The fraction of sp³-hybridized carbons (Fsp3) is 0.538. The van der Waals surface area contributed by atoms with Gasteiger partial charge in [0.1, 0.15) is 0 Å². The zero-order chi connectivity index (χ0) is 12.7. The fourth-order valence-electron chi connectivity index (χ4n) is 1.60. The Labute approximate surface area is 103 Å². The molecule has 0 radical (unpaired) electrons. The molecule has 0 fully saturated rings. The number of nitrogens with two attached hydrogens (primary N) is 1. The first kappa shape index (κ1) is 13.6. The zero-order valence-electron chi connectivity index (χ0n) is 10.6. The number of carbonyl (C=O) groups is 1. The summed E-state index contributed by atoms with van der Waals surface area (Å²) >= 11 is 0. The molecular weight excluding hydrogens is 214 g/mol. The van der Waals surface area contributed by atoms with Gasteiger partial charge in [0, 0.05) is 31.5 Å². The summed E-state index contributed by atoms with van der Waals surface area (Å²) in [6.07, 6.45) is 3.71. The molecule has 17 heavy (non-hydrogen) atoms. The Hall–Kier alpha value is -1.42. The van der Waals surface area contributed by atoms with Gasteiger partial charge in [-0.05, 0) is 25.5 Å². The highest BCUT2D eigenvalue weighted by Crippen LogP contribution is 2.06. The summed E-state index contributed by atoms with van der Waals surface area (Å²) in [7, 11) is 0. The van der Waals surface area contributed by atoms with Crippen molar-refractivity contribution in [2.24, 2.45) is 5.73 Å². The van der Waals surface area contributed by atoms with Crippen molar-refractivity contribution in [3.8, 4) is 0 Å². The molecule has 0 aromatic carbocycles. The van der Waals surface area contributed by atoms with E-state index >= 15 is 0 Å². The first-order valence-corrected chi connectivity index (χ1v) is 6.11.